The fourth-order valence-electron chi connectivity index (χ4n) is 2.12. The topological polar surface area (TPSA) is 66.5 Å². The Morgan fingerprint density at radius 1 is 1.32 bits per heavy atom. The van der Waals surface area contributed by atoms with Gasteiger partial charge in [0, 0.05) is 25.1 Å². The number of fused-ring (bicyclic) bond motifs is 1. The highest BCUT2D eigenvalue weighted by atomic mass is 32.2. The zero-order valence-corrected chi connectivity index (χ0v) is 11.7. The standard InChI is InChI=1S/C13H18N2O3S/c1-2-9-14-19(17,18)15-10-5-8-13(16)11-6-3-4-7-12(11)15/h3-4,6-7,14H,2,5,8-10H2,1H3. The van der Waals surface area contributed by atoms with Gasteiger partial charge in [-0.2, -0.15) is 13.1 Å². The Labute approximate surface area is 113 Å². The first kappa shape index (κ1) is 14.0. The minimum atomic E-state index is -3.57. The van der Waals surface area contributed by atoms with Gasteiger partial charge in [0.2, 0.25) is 0 Å². The number of hydrogen-bond donors (Lipinski definition) is 1. The van der Waals surface area contributed by atoms with E-state index in [0.29, 0.717) is 37.2 Å². The van der Waals surface area contributed by atoms with Gasteiger partial charge in [0.25, 0.3) is 0 Å². The van der Waals surface area contributed by atoms with Crippen LogP contribution in [0.2, 0.25) is 0 Å². The molecule has 1 aromatic carbocycles. The van der Waals surface area contributed by atoms with E-state index in [9.17, 15) is 13.2 Å². The molecule has 19 heavy (non-hydrogen) atoms. The SMILES string of the molecule is CCCNS(=O)(=O)N1CCCC(=O)c2ccccc21. The van der Waals surface area contributed by atoms with Crippen LogP contribution in [0, 0.1) is 0 Å². The summed E-state index contributed by atoms with van der Waals surface area (Å²) in [4.78, 5) is 12.0. The number of hydrogen-bond acceptors (Lipinski definition) is 3. The maximum absolute atomic E-state index is 12.3. The number of nitrogens with one attached hydrogen (secondary N) is 1. The Kier molecular flexibility index (Phi) is 4.21. The number of Topliss-reactive ketones (excluding diaryl/α,β-unsaturated/α-hetero) is 1. The molecule has 0 atom stereocenters. The molecule has 6 heteroatoms. The van der Waals surface area contributed by atoms with Crippen LogP contribution in [0.15, 0.2) is 24.3 Å². The van der Waals surface area contributed by atoms with E-state index in [1.165, 1.54) is 4.31 Å². The maximum Gasteiger partial charge on any atom is 0.301 e. The van der Waals surface area contributed by atoms with Crippen molar-refractivity contribution in [1.29, 1.82) is 0 Å². The minimum Gasteiger partial charge on any atom is -0.294 e. The number of rotatable bonds is 4. The highest BCUT2D eigenvalue weighted by molar-refractivity contribution is 7.90. The first-order valence-corrected chi connectivity index (χ1v) is 7.90. The average molecular weight is 282 g/mol. The molecule has 5 nitrogen and oxygen atoms in total. The van der Waals surface area contributed by atoms with Crippen LogP contribution in [0.25, 0.3) is 0 Å². The number of nitrogens with zero attached hydrogens (tertiary/aromatic N) is 1. The molecule has 0 radical (unpaired) electrons. The molecule has 1 heterocycles. The van der Waals surface area contributed by atoms with Crippen LogP contribution in [0.3, 0.4) is 0 Å². The van der Waals surface area contributed by atoms with Crippen LogP contribution in [0.1, 0.15) is 36.5 Å². The smallest absolute Gasteiger partial charge is 0.294 e. The van der Waals surface area contributed by atoms with E-state index < -0.39 is 10.2 Å². The number of para-hydroxylation sites is 1. The summed E-state index contributed by atoms with van der Waals surface area (Å²) in [6.07, 6.45) is 1.66. The molecule has 104 valence electrons. The Hall–Kier alpha value is -1.40. The van der Waals surface area contributed by atoms with Crippen molar-refractivity contribution in [3.8, 4) is 0 Å². The molecule has 0 amide bonds. The lowest BCUT2D eigenvalue weighted by molar-refractivity contribution is 0.0984. The van der Waals surface area contributed by atoms with Crippen LogP contribution >= 0.6 is 0 Å². The monoisotopic (exact) mass is 282 g/mol. The molecule has 0 bridgehead atoms. The van der Waals surface area contributed by atoms with Crippen molar-refractivity contribution in [2.45, 2.75) is 26.2 Å². The summed E-state index contributed by atoms with van der Waals surface area (Å²) in [7, 11) is -3.57. The number of ketones is 1. The van der Waals surface area contributed by atoms with Gasteiger partial charge in [0.15, 0.2) is 5.78 Å². The summed E-state index contributed by atoms with van der Waals surface area (Å²) >= 11 is 0. The zero-order valence-electron chi connectivity index (χ0n) is 10.9. The van der Waals surface area contributed by atoms with Gasteiger partial charge in [-0.05, 0) is 25.0 Å². The van der Waals surface area contributed by atoms with Crippen LogP contribution in [0.4, 0.5) is 5.69 Å². The summed E-state index contributed by atoms with van der Waals surface area (Å²) in [5.41, 5.74) is 0.968. The molecule has 0 spiro atoms. The first-order valence-electron chi connectivity index (χ1n) is 6.46. The van der Waals surface area contributed by atoms with Gasteiger partial charge in [-0.25, -0.2) is 0 Å². The van der Waals surface area contributed by atoms with E-state index in [0.717, 1.165) is 6.42 Å². The molecule has 0 unspecified atom stereocenters. The number of carbonyl (C=O) groups excluding carboxylic acids is 1. The van der Waals surface area contributed by atoms with Gasteiger partial charge in [0.1, 0.15) is 0 Å². The summed E-state index contributed by atoms with van der Waals surface area (Å²) in [5, 5.41) is 0. The van der Waals surface area contributed by atoms with Gasteiger partial charge in [-0.15, -0.1) is 0 Å². The van der Waals surface area contributed by atoms with E-state index in [2.05, 4.69) is 4.72 Å². The molecular formula is C13H18N2O3S. The quantitative estimate of drug-likeness (QED) is 0.914. The lowest BCUT2D eigenvalue weighted by atomic mass is 10.1. The predicted octanol–water partition coefficient (Wildman–Crippen LogP) is 1.71. The number of anilines is 1. The van der Waals surface area contributed by atoms with Crippen molar-refractivity contribution in [1.82, 2.24) is 4.72 Å². The van der Waals surface area contributed by atoms with Gasteiger partial charge >= 0.3 is 10.2 Å². The van der Waals surface area contributed by atoms with Crippen molar-refractivity contribution < 1.29 is 13.2 Å². The van der Waals surface area contributed by atoms with E-state index in [-0.39, 0.29) is 5.78 Å². The second kappa shape index (κ2) is 5.71. The van der Waals surface area contributed by atoms with Gasteiger partial charge in [-0.3, -0.25) is 9.10 Å². The van der Waals surface area contributed by atoms with Crippen molar-refractivity contribution >= 4 is 21.7 Å². The fourth-order valence-corrected chi connectivity index (χ4v) is 3.53. The average Bonchev–Trinajstić information content (AvgIpc) is 2.57. The molecular weight excluding hydrogens is 264 g/mol. The lowest BCUT2D eigenvalue weighted by Crippen LogP contribution is -2.41. The van der Waals surface area contributed by atoms with Crippen LogP contribution in [-0.2, 0) is 10.2 Å². The van der Waals surface area contributed by atoms with E-state index in [1.807, 2.05) is 6.92 Å². The molecule has 1 N–H and O–H groups in total. The summed E-state index contributed by atoms with van der Waals surface area (Å²) in [6.45, 7) is 2.64. The van der Waals surface area contributed by atoms with E-state index in [4.69, 9.17) is 0 Å². The van der Waals surface area contributed by atoms with E-state index >= 15 is 0 Å². The number of benzene rings is 1. The molecule has 1 aliphatic rings. The zero-order chi connectivity index (χ0) is 13.9. The van der Waals surface area contributed by atoms with Crippen LogP contribution < -0.4 is 9.03 Å². The predicted molar refractivity (Wildman–Crippen MR) is 74.6 cm³/mol. The van der Waals surface area contributed by atoms with Gasteiger partial charge < -0.3 is 0 Å². The Balaban J connectivity index is 2.41. The van der Waals surface area contributed by atoms with Crippen LogP contribution in [0.5, 0.6) is 0 Å². The van der Waals surface area contributed by atoms with Crippen molar-refractivity contribution in [2.75, 3.05) is 17.4 Å². The Bertz CT molecular complexity index is 569. The Morgan fingerprint density at radius 2 is 2.05 bits per heavy atom. The van der Waals surface area contributed by atoms with Crippen molar-refractivity contribution in [2.24, 2.45) is 0 Å². The van der Waals surface area contributed by atoms with Gasteiger partial charge in [0.05, 0.1) is 5.69 Å². The third kappa shape index (κ3) is 2.96. The number of carbonyl (C=O) groups is 1. The molecule has 0 fully saturated rings. The van der Waals surface area contributed by atoms with Gasteiger partial charge in [-0.1, -0.05) is 19.1 Å². The lowest BCUT2D eigenvalue weighted by Gasteiger charge is -2.24. The molecule has 1 aliphatic heterocycles. The molecule has 0 saturated heterocycles. The summed E-state index contributed by atoms with van der Waals surface area (Å²) < 4.78 is 28.4. The second-order valence-corrected chi connectivity index (χ2v) is 6.19. The molecule has 2 rings (SSSR count). The van der Waals surface area contributed by atoms with E-state index in [1.54, 1.807) is 24.3 Å². The molecule has 1 aromatic rings. The van der Waals surface area contributed by atoms with Crippen LogP contribution in [-0.4, -0.2) is 27.3 Å². The summed E-state index contributed by atoms with van der Waals surface area (Å²) in [5.74, 6) is 0.00351. The molecule has 0 saturated carbocycles. The Morgan fingerprint density at radius 3 is 2.79 bits per heavy atom. The van der Waals surface area contributed by atoms with Crippen molar-refractivity contribution in [3.05, 3.63) is 29.8 Å². The normalized spacial score (nSPS) is 16.1. The summed E-state index contributed by atoms with van der Waals surface area (Å²) in [6, 6.07) is 6.88. The third-order valence-corrected chi connectivity index (χ3v) is 4.59. The minimum absolute atomic E-state index is 0.00351. The maximum atomic E-state index is 12.3. The first-order chi connectivity index (χ1) is 9.06. The second-order valence-electron chi connectivity index (χ2n) is 4.52. The third-order valence-electron chi connectivity index (χ3n) is 3.06. The van der Waals surface area contributed by atoms with Crippen molar-refractivity contribution in [3.63, 3.8) is 0 Å². The highest BCUT2D eigenvalue weighted by Gasteiger charge is 2.28. The largest absolute Gasteiger partial charge is 0.301 e. The highest BCUT2D eigenvalue weighted by Crippen LogP contribution is 2.27. The fraction of sp³-hybridized carbons (Fsp3) is 0.462. The molecule has 0 aliphatic carbocycles. The molecule has 0 aromatic heterocycles.